The van der Waals surface area contributed by atoms with Gasteiger partial charge in [-0.1, -0.05) is 48.0 Å². The second-order valence-electron chi connectivity index (χ2n) is 7.86. The van der Waals surface area contributed by atoms with E-state index in [4.69, 9.17) is 27.9 Å². The number of methoxy groups -OCH3 is 1. The predicted molar refractivity (Wildman–Crippen MR) is 114 cm³/mol. The standard InChI is InChI=1S/C23H26O9S/c1-14-9-11-17(12-10-14)33(25,26)32-21-20(29-15(2)24)19-18(30-23(21)27-3)13-28-22(31-19)16-7-5-4-6-8-16/h4-12,18-23H,13H2,1-3H3. The van der Waals surface area contributed by atoms with Gasteiger partial charge in [0.25, 0.3) is 10.1 Å². The normalized spacial score (nSPS) is 29.8. The molecular formula is C23H26O9S. The van der Waals surface area contributed by atoms with Crippen molar-refractivity contribution in [3.05, 3.63) is 65.7 Å². The number of fused-ring (bicyclic) bond motifs is 1. The fourth-order valence-corrected chi connectivity index (χ4v) is 4.92. The highest BCUT2D eigenvalue weighted by atomic mass is 32.2. The van der Waals surface area contributed by atoms with Crippen LogP contribution in [0.4, 0.5) is 0 Å². The van der Waals surface area contributed by atoms with Gasteiger partial charge in [-0.05, 0) is 19.1 Å². The van der Waals surface area contributed by atoms with Gasteiger partial charge in [-0.2, -0.15) is 8.42 Å². The first kappa shape index (κ1) is 23.8. The minimum absolute atomic E-state index is 0.0401. The van der Waals surface area contributed by atoms with Gasteiger partial charge in [0.2, 0.25) is 0 Å². The average Bonchev–Trinajstić information content (AvgIpc) is 2.80. The van der Waals surface area contributed by atoms with Crippen LogP contribution < -0.4 is 0 Å². The molecule has 10 heteroatoms. The third kappa shape index (κ3) is 5.26. The van der Waals surface area contributed by atoms with E-state index < -0.39 is 53.1 Å². The Kier molecular flexibility index (Phi) is 7.13. The molecule has 0 spiro atoms. The summed E-state index contributed by atoms with van der Waals surface area (Å²) in [5.41, 5.74) is 1.66. The minimum atomic E-state index is -4.23. The number of carbonyl (C=O) groups excluding carboxylic acids is 1. The van der Waals surface area contributed by atoms with Crippen LogP contribution in [0, 0.1) is 6.92 Å². The van der Waals surface area contributed by atoms with Gasteiger partial charge in [0, 0.05) is 19.6 Å². The number of ether oxygens (including phenoxy) is 5. The molecule has 0 amide bonds. The lowest BCUT2D eigenvalue weighted by Gasteiger charge is -2.47. The van der Waals surface area contributed by atoms with E-state index in [0.717, 1.165) is 11.1 Å². The number of esters is 1. The van der Waals surface area contributed by atoms with Crippen LogP contribution in [0.5, 0.6) is 0 Å². The Hall–Kier alpha value is -2.34. The van der Waals surface area contributed by atoms with Crippen LogP contribution in [0.2, 0.25) is 0 Å². The Labute approximate surface area is 192 Å². The smallest absolute Gasteiger partial charge is 0.303 e. The largest absolute Gasteiger partial charge is 0.457 e. The van der Waals surface area contributed by atoms with Crippen LogP contribution >= 0.6 is 0 Å². The molecule has 0 saturated carbocycles. The van der Waals surface area contributed by atoms with E-state index in [1.807, 2.05) is 37.3 Å². The van der Waals surface area contributed by atoms with E-state index in [1.54, 1.807) is 12.1 Å². The molecule has 2 heterocycles. The topological polar surface area (TPSA) is 107 Å². The van der Waals surface area contributed by atoms with Gasteiger partial charge in [-0.3, -0.25) is 8.98 Å². The number of rotatable bonds is 6. The van der Waals surface area contributed by atoms with Crippen molar-refractivity contribution in [2.75, 3.05) is 13.7 Å². The first-order chi connectivity index (χ1) is 15.8. The molecule has 0 N–H and O–H groups in total. The molecule has 2 fully saturated rings. The fourth-order valence-electron chi connectivity index (χ4n) is 3.85. The van der Waals surface area contributed by atoms with Crippen molar-refractivity contribution in [3.8, 4) is 0 Å². The highest BCUT2D eigenvalue weighted by Gasteiger charge is 2.54. The molecule has 2 aromatic carbocycles. The van der Waals surface area contributed by atoms with Crippen LogP contribution in [0.25, 0.3) is 0 Å². The van der Waals surface area contributed by atoms with E-state index in [-0.39, 0.29) is 11.5 Å². The van der Waals surface area contributed by atoms with Gasteiger partial charge in [0.05, 0.1) is 11.5 Å². The molecule has 6 unspecified atom stereocenters. The summed E-state index contributed by atoms with van der Waals surface area (Å²) in [4.78, 5) is 11.9. The zero-order valence-electron chi connectivity index (χ0n) is 18.4. The van der Waals surface area contributed by atoms with Gasteiger partial charge >= 0.3 is 5.97 Å². The van der Waals surface area contributed by atoms with E-state index in [1.165, 1.54) is 26.2 Å². The number of hydrogen-bond acceptors (Lipinski definition) is 9. The van der Waals surface area contributed by atoms with Crippen LogP contribution in [0.15, 0.2) is 59.5 Å². The van der Waals surface area contributed by atoms with Crippen molar-refractivity contribution in [2.45, 2.75) is 55.7 Å². The van der Waals surface area contributed by atoms with Crippen molar-refractivity contribution in [1.82, 2.24) is 0 Å². The summed E-state index contributed by atoms with van der Waals surface area (Å²) in [6.45, 7) is 3.20. The molecule has 0 bridgehead atoms. The minimum Gasteiger partial charge on any atom is -0.457 e. The Bertz CT molecular complexity index is 1060. The second kappa shape index (κ2) is 9.88. The summed E-state index contributed by atoms with van der Waals surface area (Å²) in [6, 6.07) is 15.4. The molecule has 0 radical (unpaired) electrons. The molecule has 6 atom stereocenters. The quantitative estimate of drug-likeness (QED) is 0.457. The molecule has 178 valence electrons. The lowest BCUT2D eigenvalue weighted by Crippen LogP contribution is -2.64. The van der Waals surface area contributed by atoms with Crippen molar-refractivity contribution in [1.29, 1.82) is 0 Å². The zero-order chi connectivity index (χ0) is 23.6. The summed E-state index contributed by atoms with van der Waals surface area (Å²) >= 11 is 0. The first-order valence-electron chi connectivity index (χ1n) is 10.5. The van der Waals surface area contributed by atoms with Crippen molar-refractivity contribution in [2.24, 2.45) is 0 Å². The summed E-state index contributed by atoms with van der Waals surface area (Å²) in [6.07, 6.45) is -5.83. The maximum Gasteiger partial charge on any atom is 0.303 e. The van der Waals surface area contributed by atoms with Gasteiger partial charge < -0.3 is 23.7 Å². The summed E-state index contributed by atoms with van der Waals surface area (Å²) < 4.78 is 60.2. The molecule has 9 nitrogen and oxygen atoms in total. The zero-order valence-corrected chi connectivity index (χ0v) is 19.3. The first-order valence-corrected chi connectivity index (χ1v) is 11.9. The monoisotopic (exact) mass is 478 g/mol. The third-order valence-corrected chi connectivity index (χ3v) is 6.76. The number of hydrogen-bond donors (Lipinski definition) is 0. The molecule has 2 aromatic rings. The Morgan fingerprint density at radius 1 is 1.00 bits per heavy atom. The molecule has 2 saturated heterocycles. The summed E-state index contributed by atoms with van der Waals surface area (Å²) in [5.74, 6) is -0.622. The van der Waals surface area contributed by atoms with Crippen molar-refractivity contribution < 1.29 is 41.1 Å². The number of aryl methyl sites for hydroxylation is 1. The molecular weight excluding hydrogens is 452 g/mol. The second-order valence-corrected chi connectivity index (χ2v) is 9.43. The van der Waals surface area contributed by atoms with E-state index in [2.05, 4.69) is 0 Å². The van der Waals surface area contributed by atoms with Gasteiger partial charge in [-0.25, -0.2) is 0 Å². The average molecular weight is 479 g/mol. The molecule has 2 aliphatic rings. The SMILES string of the molecule is COC1OC2COC(c3ccccc3)OC2C(OC(C)=O)C1OS(=O)(=O)c1ccc(C)cc1. The molecule has 0 aliphatic carbocycles. The maximum absolute atomic E-state index is 13.0. The van der Waals surface area contributed by atoms with Gasteiger partial charge in [-0.15, -0.1) is 0 Å². The van der Waals surface area contributed by atoms with Gasteiger partial charge in [0.15, 0.2) is 24.8 Å². The molecule has 2 aliphatic heterocycles. The van der Waals surface area contributed by atoms with Gasteiger partial charge in [0.1, 0.15) is 12.2 Å². The molecule has 4 rings (SSSR count). The lowest BCUT2D eigenvalue weighted by molar-refractivity contribution is -0.355. The third-order valence-electron chi connectivity index (χ3n) is 5.44. The molecule has 33 heavy (non-hydrogen) atoms. The fraction of sp³-hybridized carbons (Fsp3) is 0.435. The van der Waals surface area contributed by atoms with Crippen molar-refractivity contribution >= 4 is 16.1 Å². The van der Waals surface area contributed by atoms with Crippen molar-refractivity contribution in [3.63, 3.8) is 0 Å². The maximum atomic E-state index is 13.0. The van der Waals surface area contributed by atoms with Crippen LogP contribution in [-0.2, 0) is 42.8 Å². The molecule has 0 aromatic heterocycles. The number of benzene rings is 2. The highest BCUT2D eigenvalue weighted by molar-refractivity contribution is 7.86. The highest BCUT2D eigenvalue weighted by Crippen LogP contribution is 2.37. The summed E-state index contributed by atoms with van der Waals surface area (Å²) in [5, 5.41) is 0. The Morgan fingerprint density at radius 2 is 1.70 bits per heavy atom. The lowest BCUT2D eigenvalue weighted by atomic mass is 9.97. The predicted octanol–water partition coefficient (Wildman–Crippen LogP) is 2.49. The van der Waals surface area contributed by atoms with E-state index in [0.29, 0.717) is 0 Å². The van der Waals surface area contributed by atoms with Crippen LogP contribution in [0.1, 0.15) is 24.3 Å². The van der Waals surface area contributed by atoms with Crippen LogP contribution in [-0.4, -0.2) is 58.8 Å². The van der Waals surface area contributed by atoms with E-state index >= 15 is 0 Å². The Balaban J connectivity index is 1.64. The number of carbonyl (C=O) groups is 1. The van der Waals surface area contributed by atoms with E-state index in [9.17, 15) is 13.2 Å². The summed E-state index contributed by atoms with van der Waals surface area (Å²) in [7, 11) is -2.88. The van der Waals surface area contributed by atoms with Crippen LogP contribution in [0.3, 0.4) is 0 Å². The Morgan fingerprint density at radius 3 is 2.33 bits per heavy atom.